The Hall–Kier alpha value is -1.66. The van der Waals surface area contributed by atoms with Crippen molar-refractivity contribution in [2.75, 3.05) is 11.9 Å². The average Bonchev–Trinajstić information content (AvgIpc) is 3.03. The van der Waals surface area contributed by atoms with Gasteiger partial charge < -0.3 is 4.74 Å². The van der Waals surface area contributed by atoms with Crippen LogP contribution < -0.4 is 5.32 Å². The van der Waals surface area contributed by atoms with E-state index in [9.17, 15) is 4.79 Å². The van der Waals surface area contributed by atoms with Crippen molar-refractivity contribution in [2.24, 2.45) is 11.8 Å². The first kappa shape index (κ1) is 16.5. The van der Waals surface area contributed by atoms with E-state index in [4.69, 9.17) is 16.3 Å². The first-order valence-corrected chi connectivity index (χ1v) is 10.0. The third-order valence-corrected chi connectivity index (χ3v) is 6.29. The van der Waals surface area contributed by atoms with Gasteiger partial charge in [0.25, 0.3) is 0 Å². The summed E-state index contributed by atoms with van der Waals surface area (Å²) in [6.45, 7) is 0.476. The van der Waals surface area contributed by atoms with Gasteiger partial charge in [0.15, 0.2) is 5.65 Å². The number of carbonyl (C=O) groups excluding carboxylic acids is 1. The molecule has 1 N–H and O–H groups in total. The maximum atomic E-state index is 12.4. The molecular formula is C19H23ClN4O2. The number of imidazole rings is 1. The zero-order valence-electron chi connectivity index (χ0n) is 14.7. The largest absolute Gasteiger partial charge is 0.378 e. The number of carbonyl (C=O) groups is 1. The number of ether oxygens (including phenoxy) is 1. The summed E-state index contributed by atoms with van der Waals surface area (Å²) >= 11 is 6.06. The number of amides is 1. The van der Waals surface area contributed by atoms with Gasteiger partial charge in [-0.1, -0.05) is 11.6 Å². The number of hydrogen-bond donors (Lipinski definition) is 1. The molecule has 2 aromatic heterocycles. The number of aromatic nitrogens is 3. The standard InChI is InChI=1S/C19H23ClN4O2/c20-16-5-4-15-18(22-16)24(13-2-1-3-13)19(21-15)23-17(25)6-7-26-14-9-11-8-12(11)10-14/h4-5,11-14H,1-3,6-10H2,(H,21,23,25)/t11-,12?,14?/m1/s1. The fourth-order valence-corrected chi connectivity index (χ4v) is 4.47. The van der Waals surface area contributed by atoms with Gasteiger partial charge in [0.1, 0.15) is 10.7 Å². The molecule has 2 heterocycles. The highest BCUT2D eigenvalue weighted by Gasteiger charge is 2.46. The maximum Gasteiger partial charge on any atom is 0.229 e. The van der Waals surface area contributed by atoms with Crippen LogP contribution in [0.5, 0.6) is 0 Å². The normalized spacial score (nSPS) is 27.3. The second kappa shape index (κ2) is 6.50. The molecule has 3 atom stereocenters. The number of anilines is 1. The molecule has 2 aromatic rings. The van der Waals surface area contributed by atoms with Crippen LogP contribution in [-0.4, -0.2) is 33.2 Å². The maximum absolute atomic E-state index is 12.4. The number of hydrogen-bond acceptors (Lipinski definition) is 4. The van der Waals surface area contributed by atoms with Crippen molar-refractivity contribution in [3.05, 3.63) is 17.3 Å². The summed E-state index contributed by atoms with van der Waals surface area (Å²) in [5.41, 5.74) is 1.51. The molecule has 1 amide bonds. The van der Waals surface area contributed by atoms with Crippen LogP contribution in [-0.2, 0) is 9.53 Å². The molecule has 0 aliphatic heterocycles. The average molecular weight is 375 g/mol. The second-order valence-electron chi connectivity index (χ2n) is 7.89. The molecule has 3 fully saturated rings. The Morgan fingerprint density at radius 1 is 1.23 bits per heavy atom. The highest BCUT2D eigenvalue weighted by atomic mass is 35.5. The topological polar surface area (TPSA) is 69.0 Å². The number of fused-ring (bicyclic) bond motifs is 2. The minimum Gasteiger partial charge on any atom is -0.378 e. The molecule has 5 rings (SSSR count). The van der Waals surface area contributed by atoms with Gasteiger partial charge in [-0.05, 0) is 62.5 Å². The van der Waals surface area contributed by atoms with Crippen molar-refractivity contribution < 1.29 is 9.53 Å². The van der Waals surface area contributed by atoms with E-state index in [2.05, 4.69) is 15.3 Å². The summed E-state index contributed by atoms with van der Waals surface area (Å²) in [6.07, 6.45) is 7.80. The van der Waals surface area contributed by atoms with Crippen molar-refractivity contribution in [1.29, 1.82) is 0 Å². The van der Waals surface area contributed by atoms with Gasteiger partial charge >= 0.3 is 0 Å². The highest BCUT2D eigenvalue weighted by molar-refractivity contribution is 6.29. The van der Waals surface area contributed by atoms with Gasteiger partial charge in [0, 0.05) is 6.04 Å². The molecule has 6 nitrogen and oxygen atoms in total. The summed E-state index contributed by atoms with van der Waals surface area (Å²) < 4.78 is 7.91. The van der Waals surface area contributed by atoms with E-state index < -0.39 is 0 Å². The Morgan fingerprint density at radius 3 is 2.77 bits per heavy atom. The number of nitrogens with one attached hydrogen (secondary N) is 1. The molecule has 138 valence electrons. The van der Waals surface area contributed by atoms with Crippen molar-refractivity contribution in [3.63, 3.8) is 0 Å². The lowest BCUT2D eigenvalue weighted by molar-refractivity contribution is -0.117. The molecule has 0 spiro atoms. The predicted octanol–water partition coefficient (Wildman–Crippen LogP) is 3.95. The van der Waals surface area contributed by atoms with Crippen LogP contribution >= 0.6 is 11.6 Å². The third-order valence-electron chi connectivity index (χ3n) is 6.08. The lowest BCUT2D eigenvalue weighted by Gasteiger charge is -2.28. The zero-order valence-corrected chi connectivity index (χ0v) is 15.4. The van der Waals surface area contributed by atoms with Crippen molar-refractivity contribution in [2.45, 2.75) is 57.1 Å². The Morgan fingerprint density at radius 2 is 2.04 bits per heavy atom. The number of rotatable bonds is 6. The molecule has 3 aliphatic rings. The van der Waals surface area contributed by atoms with E-state index in [0.717, 1.165) is 35.8 Å². The lowest BCUT2D eigenvalue weighted by Crippen LogP contribution is -2.23. The van der Waals surface area contributed by atoms with E-state index in [0.29, 0.717) is 36.3 Å². The molecule has 0 aromatic carbocycles. The van der Waals surface area contributed by atoms with Crippen LogP contribution in [0.3, 0.4) is 0 Å². The first-order chi connectivity index (χ1) is 12.7. The smallest absolute Gasteiger partial charge is 0.229 e. The quantitative estimate of drug-likeness (QED) is 0.777. The summed E-state index contributed by atoms with van der Waals surface area (Å²) in [6, 6.07) is 3.92. The van der Waals surface area contributed by atoms with Gasteiger partial charge in [-0.25, -0.2) is 9.97 Å². The number of pyridine rings is 1. The summed E-state index contributed by atoms with van der Waals surface area (Å²) in [4.78, 5) is 21.4. The SMILES string of the molecule is O=C(CCOC1CC2C[C@@H]2C1)Nc1nc2ccc(Cl)nc2n1C1CCC1. The minimum absolute atomic E-state index is 0.0601. The van der Waals surface area contributed by atoms with Gasteiger partial charge in [0.2, 0.25) is 11.9 Å². The van der Waals surface area contributed by atoms with Crippen molar-refractivity contribution >= 4 is 34.6 Å². The van der Waals surface area contributed by atoms with E-state index in [1.807, 2.05) is 10.6 Å². The van der Waals surface area contributed by atoms with E-state index >= 15 is 0 Å². The van der Waals surface area contributed by atoms with Gasteiger partial charge in [0.05, 0.1) is 19.1 Å². The molecule has 0 saturated heterocycles. The minimum atomic E-state index is -0.0601. The second-order valence-corrected chi connectivity index (χ2v) is 8.27. The van der Waals surface area contributed by atoms with Crippen LogP contribution in [0.2, 0.25) is 5.15 Å². The molecular weight excluding hydrogens is 352 g/mol. The number of halogens is 1. The summed E-state index contributed by atoms with van der Waals surface area (Å²) in [5, 5.41) is 3.40. The summed E-state index contributed by atoms with van der Waals surface area (Å²) in [7, 11) is 0. The Bertz CT molecular complexity index is 837. The monoisotopic (exact) mass is 374 g/mol. The van der Waals surface area contributed by atoms with Gasteiger partial charge in [-0.15, -0.1) is 0 Å². The highest BCUT2D eigenvalue weighted by Crippen LogP contribution is 2.52. The van der Waals surface area contributed by atoms with E-state index in [1.165, 1.54) is 25.7 Å². The fraction of sp³-hybridized carbons (Fsp3) is 0.632. The molecule has 0 bridgehead atoms. The van der Waals surface area contributed by atoms with E-state index in [-0.39, 0.29) is 5.91 Å². The van der Waals surface area contributed by atoms with Crippen LogP contribution in [0.15, 0.2) is 12.1 Å². The Balaban J connectivity index is 1.25. The predicted molar refractivity (Wildman–Crippen MR) is 99.2 cm³/mol. The first-order valence-electron chi connectivity index (χ1n) is 9.63. The van der Waals surface area contributed by atoms with Crippen LogP contribution in [0, 0.1) is 11.8 Å². The number of nitrogens with zero attached hydrogens (tertiary/aromatic N) is 3. The fourth-order valence-electron chi connectivity index (χ4n) is 4.33. The van der Waals surface area contributed by atoms with Crippen molar-refractivity contribution in [1.82, 2.24) is 14.5 Å². The lowest BCUT2D eigenvalue weighted by atomic mass is 9.93. The Kier molecular flexibility index (Phi) is 4.13. The van der Waals surface area contributed by atoms with Gasteiger partial charge in [-0.3, -0.25) is 14.7 Å². The van der Waals surface area contributed by atoms with Crippen LogP contribution in [0.25, 0.3) is 11.2 Å². The van der Waals surface area contributed by atoms with E-state index in [1.54, 1.807) is 6.07 Å². The van der Waals surface area contributed by atoms with Gasteiger partial charge in [-0.2, -0.15) is 0 Å². The molecule has 7 heteroatoms. The van der Waals surface area contributed by atoms with Crippen molar-refractivity contribution in [3.8, 4) is 0 Å². The van der Waals surface area contributed by atoms with Crippen LogP contribution in [0.1, 0.15) is 51.0 Å². The molecule has 3 aliphatic carbocycles. The molecule has 0 radical (unpaired) electrons. The Labute approximate surface area is 157 Å². The molecule has 26 heavy (non-hydrogen) atoms. The third kappa shape index (κ3) is 3.09. The molecule has 2 unspecified atom stereocenters. The summed E-state index contributed by atoms with van der Waals surface area (Å²) in [5.74, 6) is 2.31. The molecule has 3 saturated carbocycles. The van der Waals surface area contributed by atoms with Crippen LogP contribution in [0.4, 0.5) is 5.95 Å². The zero-order chi connectivity index (χ0) is 17.7.